The summed E-state index contributed by atoms with van der Waals surface area (Å²) in [6.07, 6.45) is 1.35. The minimum atomic E-state index is -1.11. The van der Waals surface area contributed by atoms with Crippen molar-refractivity contribution in [3.8, 4) is 11.5 Å². The first-order valence-electron chi connectivity index (χ1n) is 8.62. The summed E-state index contributed by atoms with van der Waals surface area (Å²) < 4.78 is 16.5. The molecule has 1 aliphatic rings. The lowest BCUT2D eigenvalue weighted by atomic mass is 9.96. The first-order chi connectivity index (χ1) is 12.6. The van der Waals surface area contributed by atoms with E-state index in [9.17, 15) is 19.8 Å². The molecule has 3 rings (SSSR count). The number of rotatable bonds is 4. The molecule has 27 heavy (non-hydrogen) atoms. The third-order valence-electron chi connectivity index (χ3n) is 4.66. The number of aliphatic hydroxyl groups is 1. The van der Waals surface area contributed by atoms with E-state index < -0.39 is 23.1 Å². The molecule has 0 spiro atoms. The number of fused-ring (bicyclic) bond motifs is 2. The van der Waals surface area contributed by atoms with Gasteiger partial charge in [-0.05, 0) is 27.7 Å². The minimum absolute atomic E-state index is 0.0356. The maximum atomic E-state index is 12.5. The highest BCUT2D eigenvalue weighted by atomic mass is 16.5. The zero-order chi connectivity index (χ0) is 19.9. The fourth-order valence-corrected chi connectivity index (χ4v) is 2.89. The topological polar surface area (TPSA) is 106 Å². The quantitative estimate of drug-likeness (QED) is 0.626. The van der Waals surface area contributed by atoms with Gasteiger partial charge in [-0.25, -0.2) is 4.79 Å². The van der Waals surface area contributed by atoms with E-state index in [4.69, 9.17) is 13.9 Å². The van der Waals surface area contributed by atoms with Gasteiger partial charge in [0.1, 0.15) is 40.9 Å². The predicted octanol–water partition coefficient (Wildman–Crippen LogP) is 2.58. The molecular formula is C20H22O7. The third-order valence-corrected chi connectivity index (χ3v) is 4.66. The van der Waals surface area contributed by atoms with E-state index in [-0.39, 0.29) is 35.5 Å². The first-order valence-corrected chi connectivity index (χ1v) is 8.62. The molecule has 144 valence electrons. The third kappa shape index (κ3) is 3.55. The van der Waals surface area contributed by atoms with Crippen LogP contribution in [-0.4, -0.2) is 27.9 Å². The Hall–Kier alpha value is -2.80. The highest BCUT2D eigenvalue weighted by molar-refractivity contribution is 5.88. The monoisotopic (exact) mass is 374 g/mol. The number of hydrogen-bond acceptors (Lipinski definition) is 7. The standard InChI is InChI=1S/C20H22O7/c1-5-10(2)19(23)25-9-11-6-13(21)17-15(26-11)8-14-12(18(17)22)7-16(27-14)20(3,4)24/h5-6,8,16,22,24H,7,9H2,1-4H3/b10-5-. The van der Waals surface area contributed by atoms with E-state index in [0.717, 1.165) is 0 Å². The average Bonchev–Trinajstić information content (AvgIpc) is 3.03. The molecule has 0 aliphatic carbocycles. The Labute approximate surface area is 155 Å². The molecule has 0 bridgehead atoms. The molecule has 0 saturated heterocycles. The number of ether oxygens (including phenoxy) is 2. The van der Waals surface area contributed by atoms with Crippen LogP contribution in [0.15, 0.2) is 33.0 Å². The lowest BCUT2D eigenvalue weighted by Gasteiger charge is -2.24. The highest BCUT2D eigenvalue weighted by Gasteiger charge is 2.37. The molecular weight excluding hydrogens is 352 g/mol. The number of phenols is 1. The SMILES string of the molecule is C/C=C(/C)C(=O)OCc1cc(=O)c2c(O)c3c(cc2o1)OC(C(C)(C)O)C3. The zero-order valence-corrected chi connectivity index (χ0v) is 15.7. The van der Waals surface area contributed by atoms with Gasteiger partial charge < -0.3 is 24.1 Å². The van der Waals surface area contributed by atoms with Crippen LogP contribution in [0.1, 0.15) is 39.0 Å². The molecule has 2 aromatic rings. The van der Waals surface area contributed by atoms with Gasteiger partial charge in [0.2, 0.25) is 0 Å². The van der Waals surface area contributed by atoms with Crippen LogP contribution in [0.2, 0.25) is 0 Å². The molecule has 1 aliphatic heterocycles. The van der Waals surface area contributed by atoms with Gasteiger partial charge in [-0.2, -0.15) is 0 Å². The lowest BCUT2D eigenvalue weighted by molar-refractivity contribution is -0.140. The van der Waals surface area contributed by atoms with Crippen LogP contribution in [0, 0.1) is 0 Å². The Bertz CT molecular complexity index is 992. The van der Waals surface area contributed by atoms with Gasteiger partial charge >= 0.3 is 5.97 Å². The summed E-state index contributed by atoms with van der Waals surface area (Å²) in [5.41, 5.74) is -0.524. The Balaban J connectivity index is 1.97. The minimum Gasteiger partial charge on any atom is -0.507 e. The molecule has 1 aromatic carbocycles. The van der Waals surface area contributed by atoms with E-state index in [1.165, 1.54) is 12.1 Å². The molecule has 1 unspecified atom stereocenters. The van der Waals surface area contributed by atoms with Crippen molar-refractivity contribution in [3.05, 3.63) is 45.3 Å². The average molecular weight is 374 g/mol. The summed E-state index contributed by atoms with van der Waals surface area (Å²) in [5.74, 6) is -0.208. The summed E-state index contributed by atoms with van der Waals surface area (Å²) in [5, 5.41) is 20.7. The lowest BCUT2D eigenvalue weighted by Crippen LogP contribution is -2.39. The number of hydrogen-bond donors (Lipinski definition) is 2. The van der Waals surface area contributed by atoms with Gasteiger partial charge in [-0.1, -0.05) is 6.08 Å². The van der Waals surface area contributed by atoms with Crippen molar-refractivity contribution in [2.75, 3.05) is 0 Å². The molecule has 0 radical (unpaired) electrons. The van der Waals surface area contributed by atoms with Crippen LogP contribution < -0.4 is 10.2 Å². The number of allylic oxidation sites excluding steroid dienone is 1. The Morgan fingerprint density at radius 3 is 2.74 bits per heavy atom. The van der Waals surface area contributed by atoms with Gasteiger partial charge in [0, 0.05) is 29.7 Å². The smallest absolute Gasteiger partial charge is 0.333 e. The number of aromatic hydroxyl groups is 1. The summed E-state index contributed by atoms with van der Waals surface area (Å²) in [6.45, 7) is 6.36. The van der Waals surface area contributed by atoms with Crippen molar-refractivity contribution in [1.82, 2.24) is 0 Å². The summed E-state index contributed by atoms with van der Waals surface area (Å²) in [6, 6.07) is 2.70. The van der Waals surface area contributed by atoms with E-state index in [1.807, 2.05) is 0 Å². The van der Waals surface area contributed by atoms with Crippen LogP contribution in [0.25, 0.3) is 11.0 Å². The van der Waals surface area contributed by atoms with Crippen molar-refractivity contribution in [1.29, 1.82) is 0 Å². The fraction of sp³-hybridized carbons (Fsp3) is 0.400. The molecule has 7 heteroatoms. The number of carbonyl (C=O) groups excluding carboxylic acids is 1. The number of carbonyl (C=O) groups is 1. The molecule has 7 nitrogen and oxygen atoms in total. The highest BCUT2D eigenvalue weighted by Crippen LogP contribution is 2.42. The second-order valence-electron chi connectivity index (χ2n) is 7.16. The van der Waals surface area contributed by atoms with E-state index >= 15 is 0 Å². The van der Waals surface area contributed by atoms with Crippen LogP contribution >= 0.6 is 0 Å². The van der Waals surface area contributed by atoms with Crippen molar-refractivity contribution in [3.63, 3.8) is 0 Å². The predicted molar refractivity (Wildman–Crippen MR) is 97.8 cm³/mol. The van der Waals surface area contributed by atoms with Crippen LogP contribution in [0.5, 0.6) is 11.5 Å². The van der Waals surface area contributed by atoms with E-state index in [0.29, 0.717) is 16.9 Å². The number of benzene rings is 1. The number of phenolic OH excluding ortho intramolecular Hbond substituents is 1. The summed E-state index contributed by atoms with van der Waals surface area (Å²) >= 11 is 0. The first kappa shape index (κ1) is 19.0. The Kier molecular flexibility index (Phi) is 4.73. The van der Waals surface area contributed by atoms with Crippen molar-refractivity contribution >= 4 is 16.9 Å². The Morgan fingerprint density at radius 2 is 2.11 bits per heavy atom. The fourth-order valence-electron chi connectivity index (χ4n) is 2.89. The van der Waals surface area contributed by atoms with Crippen LogP contribution in [-0.2, 0) is 22.6 Å². The maximum Gasteiger partial charge on any atom is 0.333 e. The van der Waals surface area contributed by atoms with Gasteiger partial charge in [-0.3, -0.25) is 4.79 Å². The van der Waals surface area contributed by atoms with Crippen molar-refractivity contribution < 1.29 is 28.9 Å². The summed E-state index contributed by atoms with van der Waals surface area (Å²) in [7, 11) is 0. The Morgan fingerprint density at radius 1 is 1.41 bits per heavy atom. The summed E-state index contributed by atoms with van der Waals surface area (Å²) in [4.78, 5) is 24.2. The molecule has 0 saturated carbocycles. The molecule has 2 heterocycles. The second kappa shape index (κ2) is 6.74. The van der Waals surface area contributed by atoms with Crippen LogP contribution in [0.4, 0.5) is 0 Å². The van der Waals surface area contributed by atoms with Crippen molar-refractivity contribution in [2.24, 2.45) is 0 Å². The number of esters is 1. The van der Waals surface area contributed by atoms with Gasteiger partial charge in [-0.15, -0.1) is 0 Å². The van der Waals surface area contributed by atoms with Crippen LogP contribution in [0.3, 0.4) is 0 Å². The van der Waals surface area contributed by atoms with Gasteiger partial charge in [0.05, 0.1) is 5.60 Å². The molecule has 1 atom stereocenters. The maximum absolute atomic E-state index is 12.5. The largest absolute Gasteiger partial charge is 0.507 e. The molecule has 2 N–H and O–H groups in total. The molecule has 1 aromatic heterocycles. The second-order valence-corrected chi connectivity index (χ2v) is 7.16. The molecule has 0 fully saturated rings. The molecule has 0 amide bonds. The normalized spacial score (nSPS) is 16.9. The van der Waals surface area contributed by atoms with E-state index in [1.54, 1.807) is 33.8 Å². The van der Waals surface area contributed by atoms with Gasteiger partial charge in [0.15, 0.2) is 5.43 Å². The van der Waals surface area contributed by atoms with E-state index in [2.05, 4.69) is 0 Å². The van der Waals surface area contributed by atoms with Crippen molar-refractivity contribution in [2.45, 2.75) is 52.4 Å². The zero-order valence-electron chi connectivity index (χ0n) is 15.7. The van der Waals surface area contributed by atoms with Gasteiger partial charge in [0.25, 0.3) is 0 Å².